The minimum atomic E-state index is 0.00440. The van der Waals surface area contributed by atoms with Crippen molar-refractivity contribution in [3.63, 3.8) is 0 Å². The number of benzene rings is 1. The Morgan fingerprint density at radius 3 is 2.52 bits per heavy atom. The summed E-state index contributed by atoms with van der Waals surface area (Å²) in [5.74, 6) is 0. The predicted molar refractivity (Wildman–Crippen MR) is 114 cm³/mol. The summed E-state index contributed by atoms with van der Waals surface area (Å²) in [5, 5.41) is 4.26. The summed E-state index contributed by atoms with van der Waals surface area (Å²) >= 11 is 5.77. The molecule has 3 aromatic rings. The molecule has 0 aliphatic carbocycles. The van der Waals surface area contributed by atoms with Crippen LogP contribution in [0, 0.1) is 0 Å². The van der Waals surface area contributed by atoms with Gasteiger partial charge in [0, 0.05) is 30.3 Å². The van der Waals surface area contributed by atoms with Crippen molar-refractivity contribution in [3.05, 3.63) is 83.9 Å². The first-order valence-electron chi connectivity index (χ1n) is 9.47. The number of aryl methyl sites for hydroxylation is 2. The number of hydrogen-bond acceptors (Lipinski definition) is 2. The lowest BCUT2D eigenvalue weighted by molar-refractivity contribution is 0.529. The van der Waals surface area contributed by atoms with Crippen molar-refractivity contribution in [1.82, 2.24) is 14.9 Å². The topological polar surface area (TPSA) is 33.1 Å². The smallest absolute Gasteiger partial charge is 0.174 e. The van der Waals surface area contributed by atoms with Gasteiger partial charge in [-0.15, -0.1) is 0 Å². The van der Waals surface area contributed by atoms with Crippen LogP contribution in [-0.4, -0.2) is 14.7 Å². The van der Waals surface area contributed by atoms with E-state index in [0.717, 1.165) is 29.5 Å². The maximum atomic E-state index is 5.77. The molecule has 0 radical (unpaired) electrons. The van der Waals surface area contributed by atoms with Crippen LogP contribution in [0.4, 0.5) is 5.69 Å². The van der Waals surface area contributed by atoms with Gasteiger partial charge in [0.25, 0.3) is 0 Å². The third-order valence-corrected chi connectivity index (χ3v) is 5.54. The average molecular weight is 377 g/mol. The van der Waals surface area contributed by atoms with Crippen LogP contribution in [0.3, 0.4) is 0 Å². The fourth-order valence-electron chi connectivity index (χ4n) is 3.81. The van der Waals surface area contributed by atoms with E-state index in [9.17, 15) is 0 Å². The van der Waals surface area contributed by atoms with Gasteiger partial charge in [0.1, 0.15) is 6.04 Å². The summed E-state index contributed by atoms with van der Waals surface area (Å²) in [5.41, 5.74) is 4.67. The van der Waals surface area contributed by atoms with E-state index in [0.29, 0.717) is 0 Å². The lowest BCUT2D eigenvalue weighted by atomic mass is 10.0. The van der Waals surface area contributed by atoms with Gasteiger partial charge >= 0.3 is 0 Å². The van der Waals surface area contributed by atoms with Crippen LogP contribution in [0.25, 0.3) is 0 Å². The molecule has 27 heavy (non-hydrogen) atoms. The molecule has 1 fully saturated rings. The summed E-state index contributed by atoms with van der Waals surface area (Å²) in [6, 6.07) is 19.1. The molecule has 1 aliphatic heterocycles. The summed E-state index contributed by atoms with van der Waals surface area (Å²) in [7, 11) is 0. The Morgan fingerprint density at radius 1 is 1.04 bits per heavy atom. The molecule has 4 nitrogen and oxygen atoms in total. The van der Waals surface area contributed by atoms with E-state index in [1.54, 1.807) is 0 Å². The Morgan fingerprint density at radius 2 is 1.85 bits per heavy atom. The van der Waals surface area contributed by atoms with E-state index < -0.39 is 0 Å². The first-order chi connectivity index (χ1) is 13.2. The van der Waals surface area contributed by atoms with Crippen LogP contribution in [0.1, 0.15) is 42.9 Å². The highest BCUT2D eigenvalue weighted by molar-refractivity contribution is 7.80. The number of anilines is 1. The van der Waals surface area contributed by atoms with E-state index in [4.69, 9.17) is 12.2 Å². The number of nitrogens with one attached hydrogen (secondary N) is 1. The number of nitrogens with zero attached hydrogens (tertiary/aromatic N) is 3. The van der Waals surface area contributed by atoms with Crippen LogP contribution < -0.4 is 10.2 Å². The van der Waals surface area contributed by atoms with Gasteiger partial charge < -0.3 is 14.8 Å². The zero-order valence-corrected chi connectivity index (χ0v) is 16.5. The molecule has 2 atom stereocenters. The predicted octanol–water partition coefficient (Wildman–Crippen LogP) is 4.64. The second-order valence-corrected chi connectivity index (χ2v) is 7.12. The molecule has 2 aromatic heterocycles. The highest BCUT2D eigenvalue weighted by Gasteiger charge is 2.41. The van der Waals surface area contributed by atoms with Crippen LogP contribution in [0.15, 0.2) is 67.0 Å². The molecule has 2 unspecified atom stereocenters. The van der Waals surface area contributed by atoms with Gasteiger partial charge in [0.2, 0.25) is 0 Å². The fourth-order valence-corrected chi connectivity index (χ4v) is 4.16. The summed E-state index contributed by atoms with van der Waals surface area (Å²) < 4.78 is 2.28. The Hall–Kier alpha value is -2.66. The summed E-state index contributed by atoms with van der Waals surface area (Å²) in [6.45, 7) is 5.26. The molecular formula is C22H24N4S. The molecule has 0 spiro atoms. The van der Waals surface area contributed by atoms with E-state index in [2.05, 4.69) is 82.3 Å². The van der Waals surface area contributed by atoms with Gasteiger partial charge in [-0.25, -0.2) is 0 Å². The van der Waals surface area contributed by atoms with Crippen molar-refractivity contribution in [2.24, 2.45) is 0 Å². The van der Waals surface area contributed by atoms with Crippen LogP contribution >= 0.6 is 12.2 Å². The Balaban J connectivity index is 1.81. The first-order valence-corrected chi connectivity index (χ1v) is 9.88. The highest BCUT2D eigenvalue weighted by atomic mass is 32.1. The van der Waals surface area contributed by atoms with Gasteiger partial charge in [-0.05, 0) is 67.5 Å². The third-order valence-electron chi connectivity index (χ3n) is 5.23. The zero-order chi connectivity index (χ0) is 18.8. The molecule has 1 aliphatic rings. The molecule has 1 saturated heterocycles. The van der Waals surface area contributed by atoms with Gasteiger partial charge in [-0.2, -0.15) is 0 Å². The lowest BCUT2D eigenvalue weighted by Crippen LogP contribution is -2.30. The van der Waals surface area contributed by atoms with Crippen molar-refractivity contribution in [3.8, 4) is 0 Å². The zero-order valence-electron chi connectivity index (χ0n) is 15.7. The molecular weight excluding hydrogens is 352 g/mol. The van der Waals surface area contributed by atoms with E-state index in [-0.39, 0.29) is 12.1 Å². The van der Waals surface area contributed by atoms with Gasteiger partial charge in [-0.3, -0.25) is 4.98 Å². The molecule has 5 heteroatoms. The van der Waals surface area contributed by atoms with Crippen LogP contribution in [0.5, 0.6) is 0 Å². The lowest BCUT2D eigenvalue weighted by Gasteiger charge is -2.29. The summed E-state index contributed by atoms with van der Waals surface area (Å²) in [4.78, 5) is 6.84. The molecule has 4 rings (SSSR count). The van der Waals surface area contributed by atoms with Crippen LogP contribution in [-0.2, 0) is 13.0 Å². The maximum absolute atomic E-state index is 5.77. The van der Waals surface area contributed by atoms with E-state index in [1.807, 2.05) is 18.3 Å². The summed E-state index contributed by atoms with van der Waals surface area (Å²) in [6.07, 6.45) is 5.00. The number of pyridine rings is 1. The molecule has 1 aromatic carbocycles. The monoisotopic (exact) mass is 376 g/mol. The maximum Gasteiger partial charge on any atom is 0.174 e. The van der Waals surface area contributed by atoms with Crippen molar-refractivity contribution in [2.75, 3.05) is 4.90 Å². The molecule has 0 amide bonds. The largest absolute Gasteiger partial charge is 0.351 e. The van der Waals surface area contributed by atoms with Gasteiger partial charge in [0.15, 0.2) is 5.11 Å². The standard InChI is InChI=1S/C22H24N4S/c1-3-16-10-12-17(13-11-16)26-21(19-9-7-15-25(19)4-2)20(24-22(26)27)18-8-5-6-14-23-18/h5-15,20-21H,3-4H2,1-2H3,(H,24,27). The Kier molecular flexibility index (Phi) is 4.94. The van der Waals surface area contributed by atoms with Crippen molar-refractivity contribution >= 4 is 23.0 Å². The van der Waals surface area contributed by atoms with Gasteiger partial charge in [-0.1, -0.05) is 25.1 Å². The van der Waals surface area contributed by atoms with Crippen molar-refractivity contribution < 1.29 is 0 Å². The van der Waals surface area contributed by atoms with Crippen LogP contribution in [0.2, 0.25) is 0 Å². The van der Waals surface area contributed by atoms with Crippen molar-refractivity contribution in [2.45, 2.75) is 38.9 Å². The number of thiocarbonyl (C=S) groups is 1. The normalized spacial score (nSPS) is 19.3. The number of hydrogen-bond donors (Lipinski definition) is 1. The second-order valence-electron chi connectivity index (χ2n) is 6.74. The third kappa shape index (κ3) is 3.23. The van der Waals surface area contributed by atoms with Crippen molar-refractivity contribution in [1.29, 1.82) is 0 Å². The Labute approximate surface area is 165 Å². The minimum absolute atomic E-state index is 0.00440. The average Bonchev–Trinajstić information content (AvgIpc) is 3.32. The highest BCUT2D eigenvalue weighted by Crippen LogP contribution is 2.41. The van der Waals surface area contributed by atoms with E-state index >= 15 is 0 Å². The SMILES string of the molecule is CCc1ccc(N2C(=S)NC(c3ccccn3)C2c2cccn2CC)cc1. The molecule has 0 saturated carbocycles. The molecule has 3 heterocycles. The minimum Gasteiger partial charge on any atom is -0.351 e. The number of rotatable bonds is 5. The van der Waals surface area contributed by atoms with Gasteiger partial charge in [0.05, 0.1) is 11.7 Å². The first kappa shape index (κ1) is 17.7. The molecule has 138 valence electrons. The quantitative estimate of drug-likeness (QED) is 0.658. The second kappa shape index (κ2) is 7.53. The molecule has 0 bridgehead atoms. The Bertz CT molecular complexity index is 917. The molecule has 1 N–H and O–H groups in total. The number of aromatic nitrogens is 2. The fraction of sp³-hybridized carbons (Fsp3) is 0.273. The van der Waals surface area contributed by atoms with E-state index in [1.165, 1.54) is 11.3 Å².